The molecule has 5 nitrogen and oxygen atoms in total. The predicted octanol–water partition coefficient (Wildman–Crippen LogP) is 3.22. The summed E-state index contributed by atoms with van der Waals surface area (Å²) < 4.78 is 5.23. The van der Waals surface area contributed by atoms with Gasteiger partial charge in [0.05, 0.1) is 7.11 Å². The van der Waals surface area contributed by atoms with Gasteiger partial charge in [-0.15, -0.1) is 0 Å². The van der Waals surface area contributed by atoms with E-state index in [0.717, 1.165) is 11.3 Å². The molecule has 0 fully saturated rings. The summed E-state index contributed by atoms with van der Waals surface area (Å²) in [6.45, 7) is 0. The average Bonchev–Trinajstić information content (AvgIpc) is 2.55. The molecule has 2 aromatic carbocycles. The third-order valence-corrected chi connectivity index (χ3v) is 3.15. The molecule has 0 atom stereocenters. The fraction of sp³-hybridized carbons (Fsp3) is 0.118. The van der Waals surface area contributed by atoms with Gasteiger partial charge in [0, 0.05) is 24.5 Å². The molecule has 0 bridgehead atoms. The Morgan fingerprint density at radius 2 is 1.86 bits per heavy atom. The van der Waals surface area contributed by atoms with Gasteiger partial charge < -0.3 is 15.2 Å². The number of carbonyl (C=O) groups is 1. The highest BCUT2D eigenvalue weighted by molar-refractivity contribution is 5.92. The van der Waals surface area contributed by atoms with Crippen LogP contribution < -0.4 is 15.0 Å². The van der Waals surface area contributed by atoms with E-state index in [1.807, 2.05) is 24.3 Å². The van der Waals surface area contributed by atoms with Crippen LogP contribution >= 0.6 is 0 Å². The Hall–Kier alpha value is -2.95. The van der Waals surface area contributed by atoms with Crippen LogP contribution in [0.25, 0.3) is 6.08 Å². The van der Waals surface area contributed by atoms with Gasteiger partial charge in [0.1, 0.15) is 11.5 Å². The van der Waals surface area contributed by atoms with Crippen LogP contribution in [0, 0.1) is 0 Å². The molecule has 2 amide bonds. The molecule has 5 heteroatoms. The molecule has 0 spiro atoms. The third kappa shape index (κ3) is 3.79. The number of nitrogens with one attached hydrogen (secondary N) is 1. The van der Waals surface area contributed by atoms with Crippen LogP contribution in [0.3, 0.4) is 0 Å². The number of phenolic OH excluding ortho intramolecular Hbond substituents is 1. The molecule has 114 valence electrons. The first-order chi connectivity index (χ1) is 10.6. The SMILES string of the molecule is COc1ccccc1/C=C/NC(=O)N(C)c1ccc(O)cc1. The number of carbonyl (C=O) groups excluding carboxylic acids is 1. The number of rotatable bonds is 4. The summed E-state index contributed by atoms with van der Waals surface area (Å²) in [7, 11) is 3.25. The normalized spacial score (nSPS) is 10.5. The minimum absolute atomic E-state index is 0.161. The number of para-hydroxylation sites is 1. The van der Waals surface area contributed by atoms with E-state index in [2.05, 4.69) is 5.32 Å². The summed E-state index contributed by atoms with van der Waals surface area (Å²) in [5, 5.41) is 11.9. The van der Waals surface area contributed by atoms with E-state index in [9.17, 15) is 9.90 Å². The van der Waals surface area contributed by atoms with Gasteiger partial charge in [-0.05, 0) is 36.4 Å². The topological polar surface area (TPSA) is 61.8 Å². The molecular weight excluding hydrogens is 280 g/mol. The summed E-state index contributed by atoms with van der Waals surface area (Å²) in [5.74, 6) is 0.897. The number of urea groups is 1. The van der Waals surface area contributed by atoms with Crippen LogP contribution in [0.5, 0.6) is 11.5 Å². The lowest BCUT2D eigenvalue weighted by Gasteiger charge is -2.16. The van der Waals surface area contributed by atoms with Gasteiger partial charge in [-0.25, -0.2) is 4.79 Å². The van der Waals surface area contributed by atoms with Gasteiger partial charge in [-0.3, -0.25) is 4.90 Å². The van der Waals surface area contributed by atoms with Crippen LogP contribution in [0.4, 0.5) is 10.5 Å². The molecule has 22 heavy (non-hydrogen) atoms. The van der Waals surface area contributed by atoms with Crippen LogP contribution in [0.15, 0.2) is 54.7 Å². The maximum atomic E-state index is 12.0. The number of amides is 2. The van der Waals surface area contributed by atoms with Crippen molar-refractivity contribution in [3.63, 3.8) is 0 Å². The van der Waals surface area contributed by atoms with E-state index in [0.29, 0.717) is 5.69 Å². The largest absolute Gasteiger partial charge is 0.508 e. The number of ether oxygens (including phenoxy) is 1. The molecule has 0 saturated heterocycles. The number of anilines is 1. The second kappa shape index (κ2) is 7.17. The Morgan fingerprint density at radius 3 is 2.55 bits per heavy atom. The minimum atomic E-state index is -0.281. The zero-order valence-corrected chi connectivity index (χ0v) is 12.5. The number of nitrogens with zero attached hydrogens (tertiary/aromatic N) is 1. The van der Waals surface area contributed by atoms with Crippen LogP contribution in [-0.2, 0) is 0 Å². The summed E-state index contributed by atoms with van der Waals surface area (Å²) in [6, 6.07) is 13.6. The lowest BCUT2D eigenvalue weighted by atomic mass is 10.2. The predicted molar refractivity (Wildman–Crippen MR) is 87.1 cm³/mol. The molecule has 2 rings (SSSR count). The Balaban J connectivity index is 2.00. The summed E-state index contributed by atoms with van der Waals surface area (Å²) >= 11 is 0. The maximum Gasteiger partial charge on any atom is 0.325 e. The molecular formula is C17H18N2O3. The lowest BCUT2D eigenvalue weighted by molar-refractivity contribution is 0.250. The quantitative estimate of drug-likeness (QED) is 0.911. The Morgan fingerprint density at radius 1 is 1.18 bits per heavy atom. The number of methoxy groups -OCH3 is 1. The van der Waals surface area contributed by atoms with E-state index in [-0.39, 0.29) is 11.8 Å². The van der Waals surface area contributed by atoms with Crippen molar-refractivity contribution in [2.45, 2.75) is 0 Å². The van der Waals surface area contributed by atoms with Crippen molar-refractivity contribution >= 4 is 17.8 Å². The van der Waals surface area contributed by atoms with Crippen molar-refractivity contribution in [3.8, 4) is 11.5 Å². The van der Waals surface area contributed by atoms with Crippen LogP contribution in [0.2, 0.25) is 0 Å². The molecule has 2 N–H and O–H groups in total. The number of phenols is 1. The molecule has 0 heterocycles. The van der Waals surface area contributed by atoms with E-state index in [1.54, 1.807) is 38.6 Å². The number of aromatic hydroxyl groups is 1. The third-order valence-electron chi connectivity index (χ3n) is 3.15. The highest BCUT2D eigenvalue weighted by Crippen LogP contribution is 2.19. The van der Waals surface area contributed by atoms with E-state index < -0.39 is 0 Å². The lowest BCUT2D eigenvalue weighted by Crippen LogP contribution is -2.34. The zero-order valence-electron chi connectivity index (χ0n) is 12.5. The fourth-order valence-corrected chi connectivity index (χ4v) is 1.90. The first-order valence-electron chi connectivity index (χ1n) is 6.74. The van der Waals surface area contributed by atoms with Gasteiger partial charge in [0.2, 0.25) is 0 Å². The average molecular weight is 298 g/mol. The highest BCUT2D eigenvalue weighted by Gasteiger charge is 2.08. The van der Waals surface area contributed by atoms with Gasteiger partial charge >= 0.3 is 6.03 Å². The van der Waals surface area contributed by atoms with E-state index in [1.165, 1.54) is 17.0 Å². The smallest absolute Gasteiger partial charge is 0.325 e. The molecule has 0 saturated carbocycles. The zero-order chi connectivity index (χ0) is 15.9. The minimum Gasteiger partial charge on any atom is -0.508 e. The second-order valence-electron chi connectivity index (χ2n) is 4.60. The summed E-state index contributed by atoms with van der Waals surface area (Å²) in [4.78, 5) is 13.5. The highest BCUT2D eigenvalue weighted by atomic mass is 16.5. The Labute approximate surface area is 129 Å². The molecule has 0 aliphatic rings. The van der Waals surface area contributed by atoms with Gasteiger partial charge in [0.15, 0.2) is 0 Å². The van der Waals surface area contributed by atoms with E-state index in [4.69, 9.17) is 4.74 Å². The van der Waals surface area contributed by atoms with Gasteiger partial charge in [0.25, 0.3) is 0 Å². The Bertz CT molecular complexity index is 666. The first-order valence-corrected chi connectivity index (χ1v) is 6.74. The number of benzene rings is 2. The molecule has 0 unspecified atom stereocenters. The first kappa shape index (κ1) is 15.4. The monoisotopic (exact) mass is 298 g/mol. The fourth-order valence-electron chi connectivity index (χ4n) is 1.90. The van der Waals surface area contributed by atoms with Gasteiger partial charge in [-0.2, -0.15) is 0 Å². The standard InChI is InChI=1S/C17H18N2O3/c1-19(14-7-9-15(20)10-8-14)17(21)18-12-11-13-5-3-4-6-16(13)22-2/h3-12,20H,1-2H3,(H,18,21)/b12-11+. The molecule has 0 aromatic heterocycles. The molecule has 0 aliphatic carbocycles. The van der Waals surface area contributed by atoms with Crippen molar-refractivity contribution in [1.29, 1.82) is 0 Å². The summed E-state index contributed by atoms with van der Waals surface area (Å²) in [5.41, 5.74) is 1.55. The van der Waals surface area contributed by atoms with Crippen LogP contribution in [-0.4, -0.2) is 25.3 Å². The van der Waals surface area contributed by atoms with Crippen molar-refractivity contribution in [2.75, 3.05) is 19.1 Å². The van der Waals surface area contributed by atoms with Crippen molar-refractivity contribution in [1.82, 2.24) is 5.32 Å². The van der Waals surface area contributed by atoms with Crippen molar-refractivity contribution in [3.05, 3.63) is 60.3 Å². The summed E-state index contributed by atoms with van der Waals surface area (Å²) in [6.07, 6.45) is 3.33. The van der Waals surface area contributed by atoms with E-state index >= 15 is 0 Å². The number of hydrogen-bond donors (Lipinski definition) is 2. The second-order valence-corrected chi connectivity index (χ2v) is 4.60. The molecule has 2 aromatic rings. The van der Waals surface area contributed by atoms with Crippen LogP contribution in [0.1, 0.15) is 5.56 Å². The molecule has 0 radical (unpaired) electrons. The number of hydrogen-bond acceptors (Lipinski definition) is 3. The van der Waals surface area contributed by atoms with Gasteiger partial charge in [-0.1, -0.05) is 18.2 Å². The van der Waals surface area contributed by atoms with Crippen molar-refractivity contribution in [2.24, 2.45) is 0 Å². The maximum absolute atomic E-state index is 12.0. The van der Waals surface area contributed by atoms with Crippen molar-refractivity contribution < 1.29 is 14.6 Å². The Kier molecular flexibility index (Phi) is 5.03. The molecule has 0 aliphatic heterocycles.